The molecule has 35 heavy (non-hydrogen) atoms. The molecule has 0 aliphatic carbocycles. The van der Waals surface area contributed by atoms with Crippen LogP contribution >= 0.6 is 11.8 Å². The predicted octanol–water partition coefficient (Wildman–Crippen LogP) is 4.25. The second-order valence-electron chi connectivity index (χ2n) is 8.43. The van der Waals surface area contributed by atoms with Crippen molar-refractivity contribution in [2.75, 3.05) is 11.4 Å². The zero-order chi connectivity index (χ0) is 24.8. The van der Waals surface area contributed by atoms with Gasteiger partial charge in [0.15, 0.2) is 6.20 Å². The van der Waals surface area contributed by atoms with Gasteiger partial charge in [-0.25, -0.2) is 4.57 Å². The Morgan fingerprint density at radius 3 is 2.49 bits per heavy atom. The van der Waals surface area contributed by atoms with Crippen LogP contribution in [0.25, 0.3) is 17.0 Å². The zero-order valence-electron chi connectivity index (χ0n) is 19.6. The van der Waals surface area contributed by atoms with Gasteiger partial charge in [-0.15, -0.1) is 0 Å². The number of aryl methyl sites for hydroxylation is 1. The quantitative estimate of drug-likeness (QED) is 0.305. The Morgan fingerprint density at radius 2 is 1.77 bits per heavy atom. The highest BCUT2D eigenvalue weighted by Gasteiger charge is 2.25. The number of pyridine rings is 1. The van der Waals surface area contributed by atoms with Crippen LogP contribution in [0.1, 0.15) is 37.7 Å². The number of carbonyl (C=O) groups excluding carboxylic acids is 2. The van der Waals surface area contributed by atoms with Gasteiger partial charge in [-0.3, -0.25) is 19.7 Å². The molecule has 8 heteroatoms. The Labute approximate surface area is 208 Å². The monoisotopic (exact) mass is 490 g/mol. The summed E-state index contributed by atoms with van der Waals surface area (Å²) in [5, 5.41) is 13.5. The van der Waals surface area contributed by atoms with Crippen molar-refractivity contribution in [3.63, 3.8) is 0 Å². The third-order valence-corrected chi connectivity index (χ3v) is 6.98. The van der Waals surface area contributed by atoms with E-state index in [0.29, 0.717) is 19.3 Å². The molecule has 0 spiro atoms. The maximum Gasteiger partial charge on any atom is 0.303 e. The highest BCUT2D eigenvalue weighted by atomic mass is 32.2. The van der Waals surface area contributed by atoms with Gasteiger partial charge in [-0.05, 0) is 42.7 Å². The van der Waals surface area contributed by atoms with E-state index < -0.39 is 5.97 Å². The summed E-state index contributed by atoms with van der Waals surface area (Å²) >= 11 is 1.78. The highest BCUT2D eigenvalue weighted by molar-refractivity contribution is 8.03. The van der Waals surface area contributed by atoms with Crippen LogP contribution in [-0.4, -0.2) is 29.4 Å². The zero-order valence-corrected chi connectivity index (χ0v) is 20.4. The molecule has 0 unspecified atom stereocenters. The van der Waals surface area contributed by atoms with Gasteiger partial charge in [0.2, 0.25) is 17.3 Å². The van der Waals surface area contributed by atoms with Crippen molar-refractivity contribution in [2.45, 2.75) is 37.0 Å². The summed E-state index contributed by atoms with van der Waals surface area (Å²) in [5.41, 5.74) is 3.60. The van der Waals surface area contributed by atoms with E-state index in [0.717, 1.165) is 13.0 Å². The Balaban J connectivity index is 0.000000356. The summed E-state index contributed by atoms with van der Waals surface area (Å²) < 4.78 is 2.14. The Bertz CT molecular complexity index is 1290. The van der Waals surface area contributed by atoms with Crippen molar-refractivity contribution >= 4 is 52.2 Å². The highest BCUT2D eigenvalue weighted by Crippen LogP contribution is 2.46. The van der Waals surface area contributed by atoms with Crippen LogP contribution in [0.4, 0.5) is 5.69 Å². The van der Waals surface area contributed by atoms with Gasteiger partial charge in [0.05, 0.1) is 16.1 Å². The molecule has 180 valence electrons. The first-order chi connectivity index (χ1) is 16.9. The third-order valence-electron chi connectivity index (χ3n) is 5.87. The molecule has 1 saturated heterocycles. The fourth-order valence-corrected chi connectivity index (χ4v) is 5.23. The SMILES string of the molecule is C[n+]1ccc(/C=C2\Sc3ccccc3N2CCCCC(=O)O)c2ccccc21.O=C1CCC(=O)N1. The van der Waals surface area contributed by atoms with Crippen molar-refractivity contribution in [3.05, 3.63) is 71.4 Å². The van der Waals surface area contributed by atoms with Gasteiger partial charge in [0, 0.05) is 42.8 Å². The molecule has 3 heterocycles. The topological polar surface area (TPSA) is 90.6 Å². The molecular weight excluding hydrogens is 462 g/mol. The molecule has 2 aromatic carbocycles. The van der Waals surface area contributed by atoms with Gasteiger partial charge < -0.3 is 10.0 Å². The molecule has 2 aliphatic rings. The van der Waals surface area contributed by atoms with E-state index in [2.05, 4.69) is 88.7 Å². The number of amides is 2. The summed E-state index contributed by atoms with van der Waals surface area (Å²) in [6.07, 6.45) is 6.86. The van der Waals surface area contributed by atoms with Crippen molar-refractivity contribution in [3.8, 4) is 0 Å². The number of nitrogens with one attached hydrogen (secondary N) is 1. The minimum Gasteiger partial charge on any atom is -0.481 e. The second-order valence-corrected chi connectivity index (χ2v) is 9.49. The molecule has 0 bridgehead atoms. The van der Waals surface area contributed by atoms with E-state index in [9.17, 15) is 14.4 Å². The molecule has 1 aromatic heterocycles. The second kappa shape index (κ2) is 11.2. The molecule has 2 N–H and O–H groups in total. The first-order valence-corrected chi connectivity index (χ1v) is 12.4. The van der Waals surface area contributed by atoms with E-state index in [-0.39, 0.29) is 18.2 Å². The standard InChI is InChI=1S/C23H22N2O2S.C4H5NO2/c1-24-15-13-17(18-8-2-3-9-19(18)24)16-22-25(14-7-6-12-23(26)27)20-10-4-5-11-21(20)28-22;6-3-1-2-4(7)5-3/h2-5,8-11,13,15-16H,6-7,12,14H2,1H3;1-2H2,(H,5,6,7)/p+1. The predicted molar refractivity (Wildman–Crippen MR) is 137 cm³/mol. The van der Waals surface area contributed by atoms with Crippen LogP contribution in [0.15, 0.2) is 70.7 Å². The van der Waals surface area contributed by atoms with Gasteiger partial charge >= 0.3 is 5.97 Å². The van der Waals surface area contributed by atoms with E-state index in [1.807, 2.05) is 0 Å². The molecule has 7 nitrogen and oxygen atoms in total. The summed E-state index contributed by atoms with van der Waals surface area (Å²) in [6, 6.07) is 19.0. The number of unbranched alkanes of at least 4 members (excludes halogenated alkanes) is 1. The minimum absolute atomic E-state index is 0.148. The average molecular weight is 491 g/mol. The molecule has 3 aromatic rings. The molecule has 0 saturated carbocycles. The van der Waals surface area contributed by atoms with Crippen LogP contribution < -0.4 is 14.8 Å². The number of hydrogen-bond donors (Lipinski definition) is 2. The number of rotatable bonds is 6. The largest absolute Gasteiger partial charge is 0.481 e. The fraction of sp³-hybridized carbons (Fsp3) is 0.259. The number of carboxylic acid groups (broad SMARTS) is 1. The number of anilines is 1. The lowest BCUT2D eigenvalue weighted by molar-refractivity contribution is -0.644. The molecule has 2 amide bonds. The lowest BCUT2D eigenvalue weighted by Gasteiger charge is -2.20. The van der Waals surface area contributed by atoms with Gasteiger partial charge in [-0.1, -0.05) is 36.0 Å². The first-order valence-electron chi connectivity index (χ1n) is 11.6. The number of para-hydroxylation sites is 2. The number of carbonyl (C=O) groups is 3. The molecule has 0 radical (unpaired) electrons. The average Bonchev–Trinajstić information content (AvgIpc) is 3.40. The van der Waals surface area contributed by atoms with E-state index >= 15 is 0 Å². The lowest BCUT2D eigenvalue weighted by atomic mass is 10.1. The number of carboxylic acids is 1. The molecule has 5 rings (SSSR count). The number of thioether (sulfide) groups is 1. The van der Waals surface area contributed by atoms with E-state index in [1.165, 1.54) is 32.1 Å². The van der Waals surface area contributed by atoms with Crippen molar-refractivity contribution < 1.29 is 24.1 Å². The van der Waals surface area contributed by atoms with Gasteiger partial charge in [0.1, 0.15) is 7.05 Å². The van der Waals surface area contributed by atoms with Crippen molar-refractivity contribution in [1.82, 2.24) is 5.32 Å². The van der Waals surface area contributed by atoms with Crippen LogP contribution in [0, 0.1) is 0 Å². The maximum absolute atomic E-state index is 10.8. The fourth-order valence-electron chi connectivity index (χ4n) is 4.09. The van der Waals surface area contributed by atoms with Crippen LogP contribution in [0.5, 0.6) is 0 Å². The number of aliphatic carboxylic acids is 1. The smallest absolute Gasteiger partial charge is 0.303 e. The van der Waals surface area contributed by atoms with Crippen LogP contribution in [0.2, 0.25) is 0 Å². The summed E-state index contributed by atoms with van der Waals surface area (Å²) in [7, 11) is 2.06. The first kappa shape index (κ1) is 24.5. The van der Waals surface area contributed by atoms with Crippen LogP contribution in [-0.2, 0) is 21.4 Å². The van der Waals surface area contributed by atoms with Crippen molar-refractivity contribution in [2.24, 2.45) is 7.05 Å². The Morgan fingerprint density at radius 1 is 1.06 bits per heavy atom. The summed E-state index contributed by atoms with van der Waals surface area (Å²) in [5.74, 6) is -1.02. The van der Waals surface area contributed by atoms with E-state index in [4.69, 9.17) is 5.11 Å². The number of nitrogens with zero attached hydrogens (tertiary/aromatic N) is 2. The Hall–Kier alpha value is -3.65. The molecular formula is C27H28N3O4S+. The molecule has 1 fully saturated rings. The normalized spacial score (nSPS) is 15.7. The number of benzene rings is 2. The van der Waals surface area contributed by atoms with Gasteiger partial charge in [-0.2, -0.15) is 0 Å². The molecule has 2 aliphatic heterocycles. The number of fused-ring (bicyclic) bond motifs is 2. The third kappa shape index (κ3) is 6.08. The number of aromatic nitrogens is 1. The number of hydrogen-bond acceptors (Lipinski definition) is 5. The summed E-state index contributed by atoms with van der Waals surface area (Å²) in [6.45, 7) is 0.821. The van der Waals surface area contributed by atoms with Crippen molar-refractivity contribution in [1.29, 1.82) is 0 Å². The maximum atomic E-state index is 10.8. The van der Waals surface area contributed by atoms with Crippen LogP contribution in [0.3, 0.4) is 0 Å². The Kier molecular flexibility index (Phi) is 7.82. The minimum atomic E-state index is -0.726. The number of imide groups is 1. The summed E-state index contributed by atoms with van der Waals surface area (Å²) in [4.78, 5) is 34.6. The van der Waals surface area contributed by atoms with Gasteiger partial charge in [0.25, 0.3) is 0 Å². The van der Waals surface area contributed by atoms with E-state index in [1.54, 1.807) is 11.8 Å². The lowest BCUT2D eigenvalue weighted by Crippen LogP contribution is -2.28. The molecule has 0 atom stereocenters.